The normalized spacial score (nSPS) is 10.7. The van der Waals surface area contributed by atoms with E-state index in [1.165, 1.54) is 4.57 Å². The molecular weight excluding hydrogens is 276 g/mol. The summed E-state index contributed by atoms with van der Waals surface area (Å²) >= 11 is 6.05. The van der Waals surface area contributed by atoms with Gasteiger partial charge in [-0.15, -0.1) is 0 Å². The minimum Gasteiger partial charge on any atom is -0.372 e. The molecule has 5 nitrogen and oxygen atoms in total. The number of benzene rings is 1. The number of pyridine rings is 1. The van der Waals surface area contributed by atoms with Crippen LogP contribution in [0.2, 0.25) is 5.02 Å². The van der Waals surface area contributed by atoms with Crippen LogP contribution in [0.3, 0.4) is 0 Å². The van der Waals surface area contributed by atoms with E-state index < -0.39 is 0 Å². The number of nitrogens with zero attached hydrogens (tertiary/aromatic N) is 3. The van der Waals surface area contributed by atoms with E-state index in [9.17, 15) is 4.79 Å². The van der Waals surface area contributed by atoms with Gasteiger partial charge in [0.25, 0.3) is 0 Å². The van der Waals surface area contributed by atoms with Crippen LogP contribution in [0.25, 0.3) is 16.6 Å². The molecule has 2 aromatic heterocycles. The minimum absolute atomic E-state index is 0.378. The molecule has 3 rings (SSSR count). The molecule has 0 saturated heterocycles. The van der Waals surface area contributed by atoms with Gasteiger partial charge in [0, 0.05) is 23.7 Å². The van der Waals surface area contributed by atoms with Gasteiger partial charge in [0.1, 0.15) is 5.82 Å². The average Bonchev–Trinajstić information content (AvgIpc) is 2.47. The number of rotatable bonds is 2. The third kappa shape index (κ3) is 2.02. The Labute approximate surface area is 119 Å². The predicted molar refractivity (Wildman–Crippen MR) is 79.7 cm³/mol. The second kappa shape index (κ2) is 4.94. The van der Waals surface area contributed by atoms with Gasteiger partial charge in [-0.05, 0) is 30.3 Å². The van der Waals surface area contributed by atoms with Crippen molar-refractivity contribution in [3.05, 3.63) is 58.2 Å². The van der Waals surface area contributed by atoms with Crippen LogP contribution in [-0.4, -0.2) is 21.6 Å². The summed E-state index contributed by atoms with van der Waals surface area (Å²) < 4.78 is 1.50. The lowest BCUT2D eigenvalue weighted by atomic mass is 10.2. The highest BCUT2D eigenvalue weighted by Crippen LogP contribution is 2.24. The minimum atomic E-state index is -0.378. The van der Waals surface area contributed by atoms with Crippen LogP contribution in [0.4, 0.5) is 5.82 Å². The Morgan fingerprint density at radius 1 is 1.30 bits per heavy atom. The van der Waals surface area contributed by atoms with Crippen molar-refractivity contribution < 1.29 is 0 Å². The quantitative estimate of drug-likeness (QED) is 0.786. The highest BCUT2D eigenvalue weighted by atomic mass is 35.5. The van der Waals surface area contributed by atoms with Crippen LogP contribution in [0.1, 0.15) is 0 Å². The molecule has 0 bridgehead atoms. The Hall–Kier alpha value is -2.40. The van der Waals surface area contributed by atoms with Crippen LogP contribution in [0.15, 0.2) is 47.5 Å². The summed E-state index contributed by atoms with van der Waals surface area (Å²) in [5, 5.41) is 4.30. The summed E-state index contributed by atoms with van der Waals surface area (Å²) in [4.78, 5) is 20.4. The number of halogens is 1. The van der Waals surface area contributed by atoms with Gasteiger partial charge in [-0.25, -0.2) is 4.79 Å². The molecule has 100 valence electrons. The molecule has 0 radical (unpaired) electrons. The Morgan fingerprint density at radius 2 is 2.15 bits per heavy atom. The van der Waals surface area contributed by atoms with Gasteiger partial charge in [0.05, 0.1) is 17.4 Å². The number of hydrogen-bond acceptors (Lipinski definition) is 4. The van der Waals surface area contributed by atoms with Crippen molar-refractivity contribution in [2.75, 3.05) is 12.4 Å². The van der Waals surface area contributed by atoms with E-state index in [1.807, 2.05) is 6.07 Å². The standard InChI is InChI=1S/C14H11ClN4O/c1-16-13-11-5-4-9(15)7-12(11)19(14(20)18-13)10-3-2-6-17-8-10/h2-8H,1H3,(H,16,18,20). The zero-order valence-electron chi connectivity index (χ0n) is 10.7. The molecule has 3 aromatic rings. The van der Waals surface area contributed by atoms with E-state index in [1.54, 1.807) is 43.7 Å². The van der Waals surface area contributed by atoms with E-state index in [4.69, 9.17) is 11.6 Å². The van der Waals surface area contributed by atoms with Gasteiger partial charge in [-0.2, -0.15) is 4.98 Å². The number of nitrogens with one attached hydrogen (secondary N) is 1. The molecule has 1 aromatic carbocycles. The first-order valence-electron chi connectivity index (χ1n) is 6.01. The molecule has 6 heteroatoms. The lowest BCUT2D eigenvalue weighted by Gasteiger charge is -2.12. The van der Waals surface area contributed by atoms with Gasteiger partial charge in [-0.3, -0.25) is 9.55 Å². The van der Waals surface area contributed by atoms with Crippen molar-refractivity contribution in [1.29, 1.82) is 0 Å². The highest BCUT2D eigenvalue weighted by molar-refractivity contribution is 6.31. The first kappa shape index (κ1) is 12.6. The van der Waals surface area contributed by atoms with E-state index in [0.717, 1.165) is 5.39 Å². The van der Waals surface area contributed by atoms with Crippen molar-refractivity contribution in [3.8, 4) is 5.69 Å². The van der Waals surface area contributed by atoms with Crippen LogP contribution in [-0.2, 0) is 0 Å². The number of anilines is 1. The fraction of sp³-hybridized carbons (Fsp3) is 0.0714. The highest BCUT2D eigenvalue weighted by Gasteiger charge is 2.11. The number of hydrogen-bond donors (Lipinski definition) is 1. The maximum Gasteiger partial charge on any atom is 0.354 e. The van der Waals surface area contributed by atoms with Crippen molar-refractivity contribution in [2.45, 2.75) is 0 Å². The molecule has 0 amide bonds. The summed E-state index contributed by atoms with van der Waals surface area (Å²) in [6.07, 6.45) is 3.27. The zero-order valence-corrected chi connectivity index (χ0v) is 11.4. The van der Waals surface area contributed by atoms with Crippen molar-refractivity contribution in [1.82, 2.24) is 14.5 Å². The lowest BCUT2D eigenvalue weighted by Crippen LogP contribution is -2.23. The third-order valence-corrected chi connectivity index (χ3v) is 3.23. The second-order valence-corrected chi connectivity index (χ2v) is 4.64. The lowest BCUT2D eigenvalue weighted by molar-refractivity contribution is 0.953. The molecule has 0 aliphatic carbocycles. The summed E-state index contributed by atoms with van der Waals surface area (Å²) in [7, 11) is 1.73. The zero-order chi connectivity index (χ0) is 14.1. The fourth-order valence-electron chi connectivity index (χ4n) is 2.13. The summed E-state index contributed by atoms with van der Waals surface area (Å²) in [6, 6.07) is 8.92. The van der Waals surface area contributed by atoms with Crippen molar-refractivity contribution in [3.63, 3.8) is 0 Å². The fourth-order valence-corrected chi connectivity index (χ4v) is 2.29. The maximum atomic E-state index is 12.3. The second-order valence-electron chi connectivity index (χ2n) is 4.20. The van der Waals surface area contributed by atoms with Crippen LogP contribution < -0.4 is 11.0 Å². The molecule has 2 heterocycles. The van der Waals surface area contributed by atoms with Gasteiger partial charge in [0.15, 0.2) is 0 Å². The first-order valence-corrected chi connectivity index (χ1v) is 6.39. The molecule has 20 heavy (non-hydrogen) atoms. The SMILES string of the molecule is CNc1nc(=O)n(-c2cccnc2)c2cc(Cl)ccc12. The maximum absolute atomic E-state index is 12.3. The topological polar surface area (TPSA) is 59.8 Å². The summed E-state index contributed by atoms with van der Waals surface area (Å²) in [5.41, 5.74) is 0.965. The van der Waals surface area contributed by atoms with E-state index >= 15 is 0 Å². The molecule has 0 spiro atoms. The molecule has 0 fully saturated rings. The monoisotopic (exact) mass is 286 g/mol. The summed E-state index contributed by atoms with van der Waals surface area (Å²) in [5.74, 6) is 0.529. The van der Waals surface area contributed by atoms with Crippen LogP contribution in [0, 0.1) is 0 Å². The largest absolute Gasteiger partial charge is 0.372 e. The smallest absolute Gasteiger partial charge is 0.354 e. The Kier molecular flexibility index (Phi) is 3.12. The molecule has 0 saturated carbocycles. The van der Waals surface area contributed by atoms with Crippen LogP contribution >= 0.6 is 11.6 Å². The van der Waals surface area contributed by atoms with Gasteiger partial charge < -0.3 is 5.32 Å². The molecule has 1 N–H and O–H groups in total. The Balaban J connectivity index is 2.46. The van der Waals surface area contributed by atoms with Crippen molar-refractivity contribution in [2.24, 2.45) is 0 Å². The number of fused-ring (bicyclic) bond motifs is 1. The Bertz CT molecular complexity index is 830. The van der Waals surface area contributed by atoms with E-state index in [2.05, 4.69) is 15.3 Å². The third-order valence-electron chi connectivity index (χ3n) is 3.00. The van der Waals surface area contributed by atoms with Crippen molar-refractivity contribution >= 4 is 28.3 Å². The Morgan fingerprint density at radius 3 is 2.85 bits per heavy atom. The van der Waals surface area contributed by atoms with E-state index in [-0.39, 0.29) is 5.69 Å². The first-order chi connectivity index (χ1) is 9.70. The van der Waals surface area contributed by atoms with Gasteiger partial charge >= 0.3 is 5.69 Å². The molecule has 0 aliphatic heterocycles. The molecule has 0 aliphatic rings. The van der Waals surface area contributed by atoms with E-state index in [0.29, 0.717) is 22.0 Å². The predicted octanol–water partition coefficient (Wildman–Crippen LogP) is 2.48. The van der Waals surface area contributed by atoms with Gasteiger partial charge in [-0.1, -0.05) is 11.6 Å². The molecular formula is C14H11ClN4O. The van der Waals surface area contributed by atoms with Gasteiger partial charge in [0.2, 0.25) is 0 Å². The summed E-state index contributed by atoms with van der Waals surface area (Å²) in [6.45, 7) is 0. The average molecular weight is 287 g/mol. The molecule has 0 atom stereocenters. The molecule has 0 unspecified atom stereocenters. The van der Waals surface area contributed by atoms with Crippen LogP contribution in [0.5, 0.6) is 0 Å². The number of aromatic nitrogens is 3.